The predicted octanol–water partition coefficient (Wildman–Crippen LogP) is -0.871. The monoisotopic (exact) mass is 450 g/mol. The largest absolute Gasteiger partial charge is 0.508 e. The van der Waals surface area contributed by atoms with Crippen molar-refractivity contribution in [3.05, 3.63) is 47.0 Å². The van der Waals surface area contributed by atoms with E-state index in [9.17, 15) is 45.6 Å². The predicted molar refractivity (Wildman–Crippen MR) is 104 cm³/mol. The van der Waals surface area contributed by atoms with Crippen molar-refractivity contribution >= 4 is 5.78 Å². The molecule has 2 aliphatic rings. The molecule has 172 valence electrons. The van der Waals surface area contributed by atoms with Crippen molar-refractivity contribution in [2.24, 2.45) is 0 Å². The van der Waals surface area contributed by atoms with Gasteiger partial charge in [-0.25, -0.2) is 0 Å². The number of aromatic hydroxyl groups is 3. The van der Waals surface area contributed by atoms with E-state index in [1.54, 1.807) is 0 Å². The first-order chi connectivity index (χ1) is 15.1. The third-order valence-electron chi connectivity index (χ3n) is 5.74. The van der Waals surface area contributed by atoms with Crippen molar-refractivity contribution in [2.75, 3.05) is 6.61 Å². The number of rotatable bonds is 3. The van der Waals surface area contributed by atoms with Crippen molar-refractivity contribution in [3.8, 4) is 23.0 Å². The summed E-state index contributed by atoms with van der Waals surface area (Å²) in [7, 11) is 0. The zero-order valence-corrected chi connectivity index (χ0v) is 16.5. The third-order valence-corrected chi connectivity index (χ3v) is 5.74. The third kappa shape index (κ3) is 3.35. The van der Waals surface area contributed by atoms with E-state index in [1.807, 2.05) is 0 Å². The van der Waals surface area contributed by atoms with E-state index < -0.39 is 77.1 Å². The molecule has 0 bridgehead atoms. The van der Waals surface area contributed by atoms with Crippen LogP contribution < -0.4 is 4.74 Å². The summed E-state index contributed by atoms with van der Waals surface area (Å²) < 4.78 is 11.1. The van der Waals surface area contributed by atoms with Gasteiger partial charge in [0, 0.05) is 6.07 Å². The molecule has 2 aromatic carbocycles. The molecule has 32 heavy (non-hydrogen) atoms. The zero-order chi connectivity index (χ0) is 23.4. The van der Waals surface area contributed by atoms with Crippen LogP contribution in [0.3, 0.4) is 0 Å². The van der Waals surface area contributed by atoms with Crippen LogP contribution in [-0.2, 0) is 10.5 Å². The molecule has 0 spiro atoms. The summed E-state index contributed by atoms with van der Waals surface area (Å²) >= 11 is 0. The summed E-state index contributed by atoms with van der Waals surface area (Å²) in [6, 6.07) is 6.46. The second-order valence-corrected chi connectivity index (χ2v) is 7.78. The number of phenolic OH excluding ortho intramolecular Hbond substituents is 3. The van der Waals surface area contributed by atoms with E-state index >= 15 is 0 Å². The van der Waals surface area contributed by atoms with Crippen molar-refractivity contribution in [3.63, 3.8) is 0 Å². The molecule has 2 aromatic rings. The van der Waals surface area contributed by atoms with Crippen LogP contribution in [0.1, 0.15) is 34.0 Å². The van der Waals surface area contributed by atoms with Gasteiger partial charge in [-0.1, -0.05) is 12.1 Å². The van der Waals surface area contributed by atoms with Gasteiger partial charge < -0.3 is 50.3 Å². The Bertz CT molecular complexity index is 1040. The Morgan fingerprint density at radius 3 is 2.28 bits per heavy atom. The summed E-state index contributed by atoms with van der Waals surface area (Å²) in [5, 5.41) is 81.6. The second kappa shape index (κ2) is 7.89. The van der Waals surface area contributed by atoms with Crippen LogP contribution in [-0.4, -0.2) is 77.7 Å². The number of ether oxygens (including phenoxy) is 2. The van der Waals surface area contributed by atoms with E-state index in [-0.39, 0.29) is 12.2 Å². The van der Waals surface area contributed by atoms with Crippen LogP contribution in [0.5, 0.6) is 23.0 Å². The number of hydrogen-bond acceptors (Lipinski definition) is 11. The molecule has 2 aliphatic heterocycles. The first-order valence-corrected chi connectivity index (χ1v) is 9.72. The average molecular weight is 450 g/mol. The average Bonchev–Trinajstić information content (AvgIpc) is 2.74. The van der Waals surface area contributed by atoms with Crippen LogP contribution in [0.4, 0.5) is 0 Å². The molecule has 0 radical (unpaired) electrons. The van der Waals surface area contributed by atoms with Gasteiger partial charge in [-0.3, -0.25) is 4.79 Å². The van der Waals surface area contributed by atoms with E-state index in [0.29, 0.717) is 5.56 Å². The van der Waals surface area contributed by atoms with Gasteiger partial charge >= 0.3 is 0 Å². The Hall–Kier alpha value is -2.93. The highest BCUT2D eigenvalue weighted by atomic mass is 16.7. The van der Waals surface area contributed by atoms with Gasteiger partial charge in [-0.2, -0.15) is 0 Å². The molecule has 1 saturated heterocycles. The van der Waals surface area contributed by atoms with E-state index in [1.165, 1.54) is 24.3 Å². The van der Waals surface area contributed by atoms with E-state index in [0.717, 1.165) is 6.07 Å². The highest BCUT2D eigenvalue weighted by Crippen LogP contribution is 2.51. The lowest BCUT2D eigenvalue weighted by Gasteiger charge is -2.46. The summed E-state index contributed by atoms with van der Waals surface area (Å²) in [5.41, 5.74) is -0.603. The lowest BCUT2D eigenvalue weighted by molar-refractivity contribution is -0.358. The number of carbonyl (C=O) groups excluding carboxylic acids is 1. The number of aliphatic hydroxyl groups is 5. The minimum atomic E-state index is -2.93. The highest BCUT2D eigenvalue weighted by molar-refractivity contribution is 6.03. The Morgan fingerprint density at radius 2 is 1.66 bits per heavy atom. The lowest BCUT2D eigenvalue weighted by atomic mass is 9.84. The molecule has 0 aliphatic carbocycles. The van der Waals surface area contributed by atoms with Gasteiger partial charge in [0.2, 0.25) is 5.79 Å². The van der Waals surface area contributed by atoms with Crippen LogP contribution in [0.2, 0.25) is 0 Å². The maximum atomic E-state index is 12.8. The van der Waals surface area contributed by atoms with Gasteiger partial charge in [0.1, 0.15) is 59.1 Å². The summed E-state index contributed by atoms with van der Waals surface area (Å²) in [4.78, 5) is 12.8. The summed E-state index contributed by atoms with van der Waals surface area (Å²) in [6.07, 6.45) is -8.73. The number of phenols is 3. The van der Waals surface area contributed by atoms with Crippen molar-refractivity contribution in [2.45, 2.75) is 42.7 Å². The van der Waals surface area contributed by atoms with Gasteiger partial charge in [-0.15, -0.1) is 0 Å². The second-order valence-electron chi connectivity index (χ2n) is 7.78. The van der Waals surface area contributed by atoms with Gasteiger partial charge in [-0.05, 0) is 17.7 Å². The van der Waals surface area contributed by atoms with Crippen molar-refractivity contribution in [1.29, 1.82) is 0 Å². The number of hydrogen-bond donors (Lipinski definition) is 8. The Labute approximate surface area is 181 Å². The van der Waals surface area contributed by atoms with Gasteiger partial charge in [0.15, 0.2) is 5.78 Å². The maximum absolute atomic E-state index is 12.8. The summed E-state index contributed by atoms with van der Waals surface area (Å²) in [5.74, 6) is -5.55. The van der Waals surface area contributed by atoms with Crippen LogP contribution >= 0.6 is 0 Å². The van der Waals surface area contributed by atoms with E-state index in [4.69, 9.17) is 9.47 Å². The Balaban J connectivity index is 1.87. The fourth-order valence-electron chi connectivity index (χ4n) is 4.05. The molecule has 0 aromatic heterocycles. The quantitative estimate of drug-likeness (QED) is 0.289. The molecule has 2 heterocycles. The number of fused-ring (bicyclic) bond motifs is 1. The highest BCUT2D eigenvalue weighted by Gasteiger charge is 2.57. The van der Waals surface area contributed by atoms with Gasteiger partial charge in [0.25, 0.3) is 0 Å². The molecule has 0 saturated carbocycles. The topological polar surface area (TPSA) is 197 Å². The molecule has 8 N–H and O–H groups in total. The number of benzene rings is 2. The van der Waals surface area contributed by atoms with Crippen LogP contribution in [0.15, 0.2) is 30.3 Å². The molecular weight excluding hydrogens is 428 g/mol. The smallest absolute Gasteiger partial charge is 0.229 e. The molecule has 1 fully saturated rings. The number of ketones is 1. The molecule has 4 rings (SSSR count). The fourth-order valence-corrected chi connectivity index (χ4v) is 4.05. The maximum Gasteiger partial charge on any atom is 0.229 e. The SMILES string of the molecule is O=C1C[C@H](c2ccc(O)cc2)Oc2c1c(O)cc(O)c2[C@@]1(O)O[C@H](CO)[C@@H](O)[C@H](O)[C@H]1O. The Morgan fingerprint density at radius 1 is 1.00 bits per heavy atom. The van der Waals surface area contributed by atoms with Gasteiger partial charge in [0.05, 0.1) is 18.6 Å². The molecule has 11 nitrogen and oxygen atoms in total. The first-order valence-electron chi connectivity index (χ1n) is 9.72. The number of carbonyl (C=O) groups is 1. The van der Waals surface area contributed by atoms with E-state index in [2.05, 4.69) is 0 Å². The van der Waals surface area contributed by atoms with Crippen LogP contribution in [0, 0.1) is 0 Å². The number of aliphatic hydroxyl groups excluding tert-OH is 4. The van der Waals surface area contributed by atoms with Crippen LogP contribution in [0.25, 0.3) is 0 Å². The minimum Gasteiger partial charge on any atom is -0.508 e. The molecule has 11 heteroatoms. The lowest BCUT2D eigenvalue weighted by Crippen LogP contribution is -2.63. The standard InChI is InChI=1S/C21H22O11/c22-7-14-17(27)18(28)20(29)21(30,32-14)16-12(26)5-10(24)15-11(25)6-13(31-19(15)16)8-1-3-9(23)4-2-8/h1-5,13-14,17-18,20,22-24,26-30H,6-7H2/t13-,14-,17-,18+,20-,21-/m1/s1. The fraction of sp³-hybridized carbons (Fsp3) is 0.381. The normalized spacial score (nSPS) is 32.3. The summed E-state index contributed by atoms with van der Waals surface area (Å²) in [6.45, 7) is -0.857. The minimum absolute atomic E-state index is 0.0251. The first kappa shape index (κ1) is 22.3. The molecule has 0 unspecified atom stereocenters. The zero-order valence-electron chi connectivity index (χ0n) is 16.5. The molecule has 6 atom stereocenters. The van der Waals surface area contributed by atoms with Crippen molar-refractivity contribution < 1.29 is 55.1 Å². The molecular formula is C21H22O11. The van der Waals surface area contributed by atoms with Crippen molar-refractivity contribution in [1.82, 2.24) is 0 Å². The molecule has 0 amide bonds. The number of Topliss-reactive ketones (excluding diaryl/α,β-unsaturated/α-hetero) is 1. The Kier molecular flexibility index (Phi) is 5.49.